The van der Waals surface area contributed by atoms with Gasteiger partial charge >= 0.3 is 0 Å². The summed E-state index contributed by atoms with van der Waals surface area (Å²) in [6.07, 6.45) is 14.3. The first-order valence-corrected chi connectivity index (χ1v) is 9.06. The summed E-state index contributed by atoms with van der Waals surface area (Å²) in [5.74, 6) is 0.673. The minimum atomic E-state index is 0.544. The van der Waals surface area contributed by atoms with Crippen LogP contribution in [0.2, 0.25) is 0 Å². The molecule has 1 atom stereocenters. The highest BCUT2D eigenvalue weighted by Crippen LogP contribution is 2.33. The van der Waals surface area contributed by atoms with E-state index in [2.05, 4.69) is 21.7 Å². The first-order chi connectivity index (χ1) is 11.3. The average Bonchev–Trinajstić information content (AvgIpc) is 3.19. The van der Waals surface area contributed by atoms with E-state index in [1.807, 2.05) is 17.9 Å². The van der Waals surface area contributed by atoms with Crippen molar-refractivity contribution < 1.29 is 0 Å². The van der Waals surface area contributed by atoms with Gasteiger partial charge in [0.2, 0.25) is 0 Å². The van der Waals surface area contributed by atoms with Crippen molar-refractivity contribution in [2.45, 2.75) is 69.9 Å². The Labute approximate surface area is 137 Å². The average molecular weight is 313 g/mol. The molecule has 2 aliphatic rings. The van der Waals surface area contributed by atoms with Gasteiger partial charge in [-0.1, -0.05) is 19.3 Å². The molecule has 0 aliphatic heterocycles. The molecule has 2 heterocycles. The molecule has 0 bridgehead atoms. The molecule has 1 saturated carbocycles. The predicted octanol–water partition coefficient (Wildman–Crippen LogP) is 2.84. The first-order valence-electron chi connectivity index (χ1n) is 9.06. The molecule has 23 heavy (non-hydrogen) atoms. The number of fused-ring (bicyclic) bond motifs is 1. The van der Waals surface area contributed by atoms with Crippen LogP contribution in [0.15, 0.2) is 12.4 Å². The van der Waals surface area contributed by atoms with Gasteiger partial charge in [0, 0.05) is 49.4 Å². The molecule has 4 rings (SSSR count). The van der Waals surface area contributed by atoms with Crippen LogP contribution in [0.5, 0.6) is 0 Å². The second-order valence-corrected chi connectivity index (χ2v) is 7.24. The summed E-state index contributed by atoms with van der Waals surface area (Å²) in [4.78, 5) is 0. The Morgan fingerprint density at radius 1 is 1.26 bits per heavy atom. The standard InChI is InChI=1S/C18H27N5/c1-23-12-15(18(22-23)13-5-3-2-4-6-13)10-19-16-8-7-14-11-20-21-17(14)9-16/h11-13,16,19H,2-10H2,1H3,(H,20,21). The van der Waals surface area contributed by atoms with Crippen LogP contribution in [0.4, 0.5) is 0 Å². The molecular formula is C18H27N5. The van der Waals surface area contributed by atoms with Crippen LogP contribution in [0, 0.1) is 0 Å². The fraction of sp³-hybridized carbons (Fsp3) is 0.667. The predicted molar refractivity (Wildman–Crippen MR) is 90.3 cm³/mol. The molecule has 2 aliphatic carbocycles. The van der Waals surface area contributed by atoms with Crippen LogP contribution in [0.25, 0.3) is 0 Å². The molecule has 0 spiro atoms. The molecule has 5 heteroatoms. The summed E-state index contributed by atoms with van der Waals surface area (Å²) < 4.78 is 1.99. The monoisotopic (exact) mass is 313 g/mol. The van der Waals surface area contributed by atoms with E-state index in [1.165, 1.54) is 61.0 Å². The van der Waals surface area contributed by atoms with E-state index in [1.54, 1.807) is 0 Å². The van der Waals surface area contributed by atoms with Crippen molar-refractivity contribution >= 4 is 0 Å². The van der Waals surface area contributed by atoms with Crippen molar-refractivity contribution in [3.05, 3.63) is 34.9 Å². The number of nitrogens with zero attached hydrogens (tertiary/aromatic N) is 3. The summed E-state index contributed by atoms with van der Waals surface area (Å²) in [7, 11) is 2.05. The number of nitrogens with one attached hydrogen (secondary N) is 2. The number of aryl methyl sites for hydroxylation is 2. The van der Waals surface area contributed by atoms with Gasteiger partial charge in [-0.15, -0.1) is 0 Å². The highest BCUT2D eigenvalue weighted by Gasteiger charge is 2.23. The molecule has 2 N–H and O–H groups in total. The Morgan fingerprint density at radius 2 is 2.13 bits per heavy atom. The van der Waals surface area contributed by atoms with E-state index in [0.29, 0.717) is 12.0 Å². The van der Waals surface area contributed by atoms with Crippen molar-refractivity contribution in [1.29, 1.82) is 0 Å². The van der Waals surface area contributed by atoms with E-state index < -0.39 is 0 Å². The van der Waals surface area contributed by atoms with Crippen molar-refractivity contribution in [3.8, 4) is 0 Å². The topological polar surface area (TPSA) is 58.5 Å². The summed E-state index contributed by atoms with van der Waals surface area (Å²) in [6, 6.07) is 0.544. The fourth-order valence-corrected chi connectivity index (χ4v) is 4.25. The lowest BCUT2D eigenvalue weighted by Gasteiger charge is -2.24. The van der Waals surface area contributed by atoms with Gasteiger partial charge in [0.15, 0.2) is 0 Å². The maximum Gasteiger partial charge on any atom is 0.0700 e. The van der Waals surface area contributed by atoms with Gasteiger partial charge in [0.05, 0.1) is 11.9 Å². The smallest absolute Gasteiger partial charge is 0.0700 e. The van der Waals surface area contributed by atoms with Gasteiger partial charge in [0.1, 0.15) is 0 Å². The lowest BCUT2D eigenvalue weighted by molar-refractivity contribution is 0.425. The van der Waals surface area contributed by atoms with Crippen LogP contribution in [-0.4, -0.2) is 26.0 Å². The van der Waals surface area contributed by atoms with Crippen LogP contribution in [0.1, 0.15) is 67.0 Å². The minimum Gasteiger partial charge on any atom is -0.309 e. The molecule has 0 radical (unpaired) electrons. The second-order valence-electron chi connectivity index (χ2n) is 7.24. The van der Waals surface area contributed by atoms with Crippen molar-refractivity contribution in [3.63, 3.8) is 0 Å². The summed E-state index contributed by atoms with van der Waals surface area (Å²) >= 11 is 0. The zero-order valence-electron chi connectivity index (χ0n) is 14.0. The third-order valence-electron chi connectivity index (χ3n) is 5.53. The van der Waals surface area contributed by atoms with Crippen molar-refractivity contribution in [2.75, 3.05) is 0 Å². The fourth-order valence-electron chi connectivity index (χ4n) is 4.25. The van der Waals surface area contributed by atoms with Gasteiger partial charge in [-0.2, -0.15) is 10.2 Å². The number of aromatic amines is 1. The van der Waals surface area contributed by atoms with Gasteiger partial charge in [-0.25, -0.2) is 0 Å². The third kappa shape index (κ3) is 3.20. The lowest BCUT2D eigenvalue weighted by atomic mass is 9.85. The number of rotatable bonds is 4. The van der Waals surface area contributed by atoms with E-state index in [0.717, 1.165) is 19.4 Å². The Kier molecular flexibility index (Phi) is 4.21. The van der Waals surface area contributed by atoms with E-state index in [4.69, 9.17) is 5.10 Å². The van der Waals surface area contributed by atoms with E-state index in [9.17, 15) is 0 Å². The Morgan fingerprint density at radius 3 is 3.00 bits per heavy atom. The molecule has 0 aromatic carbocycles. The zero-order chi connectivity index (χ0) is 15.6. The van der Waals surface area contributed by atoms with Crippen molar-refractivity contribution in [1.82, 2.24) is 25.3 Å². The molecule has 0 saturated heterocycles. The summed E-state index contributed by atoms with van der Waals surface area (Å²) in [5, 5.41) is 15.9. The van der Waals surface area contributed by atoms with Crippen LogP contribution >= 0.6 is 0 Å². The molecule has 1 fully saturated rings. The Hall–Kier alpha value is -1.62. The Bertz CT molecular complexity index is 650. The third-order valence-corrected chi connectivity index (χ3v) is 5.53. The van der Waals surface area contributed by atoms with E-state index >= 15 is 0 Å². The van der Waals surface area contributed by atoms with Gasteiger partial charge in [-0.05, 0) is 31.2 Å². The normalized spacial score (nSPS) is 22.2. The highest BCUT2D eigenvalue weighted by atomic mass is 15.3. The van der Waals surface area contributed by atoms with Gasteiger partial charge in [-0.3, -0.25) is 9.78 Å². The lowest BCUT2D eigenvalue weighted by Crippen LogP contribution is -2.34. The summed E-state index contributed by atoms with van der Waals surface area (Å²) in [5.41, 5.74) is 5.45. The molecule has 0 amide bonds. The minimum absolute atomic E-state index is 0.544. The molecule has 5 nitrogen and oxygen atoms in total. The molecule has 124 valence electrons. The number of H-pyrrole nitrogens is 1. The van der Waals surface area contributed by atoms with Crippen LogP contribution < -0.4 is 5.32 Å². The number of hydrogen-bond acceptors (Lipinski definition) is 3. The Balaban J connectivity index is 1.41. The molecule has 2 aromatic rings. The molecule has 1 unspecified atom stereocenters. The highest BCUT2D eigenvalue weighted by molar-refractivity contribution is 5.23. The summed E-state index contributed by atoms with van der Waals surface area (Å²) in [6.45, 7) is 0.938. The van der Waals surface area contributed by atoms with E-state index in [-0.39, 0.29) is 0 Å². The number of hydrogen-bond donors (Lipinski definition) is 2. The second kappa shape index (κ2) is 6.48. The van der Waals surface area contributed by atoms with Crippen molar-refractivity contribution in [2.24, 2.45) is 7.05 Å². The van der Waals surface area contributed by atoms with Gasteiger partial charge < -0.3 is 5.32 Å². The van der Waals surface area contributed by atoms with Crippen LogP contribution in [-0.2, 0) is 26.4 Å². The molecular weight excluding hydrogens is 286 g/mol. The van der Waals surface area contributed by atoms with Gasteiger partial charge in [0.25, 0.3) is 0 Å². The molecule has 2 aromatic heterocycles. The van der Waals surface area contributed by atoms with Crippen LogP contribution in [0.3, 0.4) is 0 Å². The maximum atomic E-state index is 4.79. The largest absolute Gasteiger partial charge is 0.309 e. The zero-order valence-corrected chi connectivity index (χ0v) is 14.0. The first kappa shape index (κ1) is 14.9. The quantitative estimate of drug-likeness (QED) is 0.912. The SMILES string of the molecule is Cn1cc(CNC2CCc3cn[nH]c3C2)c(C2CCCCC2)n1. The maximum absolute atomic E-state index is 4.79. The number of aromatic nitrogens is 4.